The van der Waals surface area contributed by atoms with Crippen molar-refractivity contribution in [3.05, 3.63) is 40.6 Å². The zero-order chi connectivity index (χ0) is 11.8. The Morgan fingerprint density at radius 1 is 1.35 bits per heavy atom. The van der Waals surface area contributed by atoms with Crippen LogP contribution in [0.3, 0.4) is 0 Å². The monoisotopic (exact) mass is 249 g/mol. The van der Waals surface area contributed by atoms with Crippen molar-refractivity contribution in [2.45, 2.75) is 25.4 Å². The van der Waals surface area contributed by atoms with Gasteiger partial charge in [-0.15, -0.1) is 0 Å². The molecule has 1 N–H and O–H groups in total. The van der Waals surface area contributed by atoms with Crippen LogP contribution in [0.25, 0.3) is 11.3 Å². The molecular formula is C13H12ClNO2. The highest BCUT2D eigenvalue weighted by atomic mass is 35.5. The van der Waals surface area contributed by atoms with Gasteiger partial charge in [-0.25, -0.2) is 0 Å². The first-order valence-electron chi connectivity index (χ1n) is 5.65. The fraction of sp³-hybridized carbons (Fsp3) is 0.308. The summed E-state index contributed by atoms with van der Waals surface area (Å²) in [6.45, 7) is -0.0596. The van der Waals surface area contributed by atoms with Gasteiger partial charge in [0.25, 0.3) is 0 Å². The number of hydrogen-bond donors (Lipinski definition) is 1. The molecule has 1 heterocycles. The molecule has 0 radical (unpaired) electrons. The van der Waals surface area contributed by atoms with Gasteiger partial charge < -0.3 is 9.63 Å². The van der Waals surface area contributed by atoms with Crippen molar-refractivity contribution in [2.24, 2.45) is 0 Å². The number of aromatic nitrogens is 1. The molecule has 2 aromatic rings. The lowest BCUT2D eigenvalue weighted by atomic mass is 10.0. The van der Waals surface area contributed by atoms with Gasteiger partial charge in [0.15, 0.2) is 0 Å². The molecule has 1 aromatic carbocycles. The van der Waals surface area contributed by atoms with Gasteiger partial charge in [0.2, 0.25) is 0 Å². The number of aliphatic hydroxyl groups excluding tert-OH is 1. The third kappa shape index (κ3) is 1.85. The Balaban J connectivity index is 2.11. The van der Waals surface area contributed by atoms with E-state index >= 15 is 0 Å². The van der Waals surface area contributed by atoms with E-state index in [2.05, 4.69) is 5.16 Å². The standard InChI is InChI=1S/C13H12ClNO2/c14-11-4-2-1-3-9(11)12-10(7-16)13(17-15-12)8-5-6-8/h1-4,8,16H,5-7H2. The number of nitrogens with zero attached hydrogens (tertiary/aromatic N) is 1. The van der Waals surface area contributed by atoms with Crippen molar-refractivity contribution in [3.8, 4) is 11.3 Å². The van der Waals surface area contributed by atoms with E-state index < -0.39 is 0 Å². The van der Waals surface area contributed by atoms with Crippen LogP contribution >= 0.6 is 11.6 Å². The largest absolute Gasteiger partial charge is 0.391 e. The Hall–Kier alpha value is -1.32. The highest BCUT2D eigenvalue weighted by Crippen LogP contribution is 2.44. The van der Waals surface area contributed by atoms with E-state index in [1.807, 2.05) is 24.3 Å². The Kier molecular flexibility index (Phi) is 2.65. The van der Waals surface area contributed by atoms with Crippen LogP contribution in [-0.2, 0) is 6.61 Å². The van der Waals surface area contributed by atoms with E-state index in [9.17, 15) is 5.11 Å². The smallest absolute Gasteiger partial charge is 0.145 e. The fourth-order valence-electron chi connectivity index (χ4n) is 2.01. The van der Waals surface area contributed by atoms with E-state index in [0.29, 0.717) is 16.6 Å². The molecule has 4 heteroatoms. The molecule has 0 aliphatic heterocycles. The minimum Gasteiger partial charge on any atom is -0.391 e. The SMILES string of the molecule is OCc1c(-c2ccccc2Cl)noc1C1CC1. The first kappa shape index (κ1) is 10.8. The van der Waals surface area contributed by atoms with E-state index in [-0.39, 0.29) is 6.61 Å². The lowest BCUT2D eigenvalue weighted by molar-refractivity contribution is 0.277. The molecular weight excluding hydrogens is 238 g/mol. The zero-order valence-electron chi connectivity index (χ0n) is 9.19. The fourth-order valence-corrected chi connectivity index (χ4v) is 2.23. The lowest BCUT2D eigenvalue weighted by Crippen LogP contribution is -1.90. The van der Waals surface area contributed by atoms with Crippen molar-refractivity contribution in [3.63, 3.8) is 0 Å². The third-order valence-electron chi connectivity index (χ3n) is 3.05. The zero-order valence-corrected chi connectivity index (χ0v) is 9.94. The molecule has 0 unspecified atom stereocenters. The normalized spacial score (nSPS) is 15.2. The molecule has 17 heavy (non-hydrogen) atoms. The van der Waals surface area contributed by atoms with Crippen molar-refractivity contribution >= 4 is 11.6 Å². The maximum atomic E-state index is 9.47. The van der Waals surface area contributed by atoms with Crippen molar-refractivity contribution < 1.29 is 9.63 Å². The van der Waals surface area contributed by atoms with E-state index in [1.165, 1.54) is 0 Å². The maximum Gasteiger partial charge on any atom is 0.145 e. The molecule has 0 spiro atoms. The summed E-state index contributed by atoms with van der Waals surface area (Å²) in [5.74, 6) is 1.25. The Morgan fingerprint density at radius 3 is 2.76 bits per heavy atom. The van der Waals surface area contributed by atoms with E-state index in [0.717, 1.165) is 29.7 Å². The van der Waals surface area contributed by atoms with Crippen LogP contribution in [-0.4, -0.2) is 10.3 Å². The van der Waals surface area contributed by atoms with Gasteiger partial charge in [0.05, 0.1) is 11.6 Å². The van der Waals surface area contributed by atoms with Crippen LogP contribution in [0.4, 0.5) is 0 Å². The van der Waals surface area contributed by atoms with Crippen LogP contribution in [0.5, 0.6) is 0 Å². The van der Waals surface area contributed by atoms with Gasteiger partial charge in [-0.3, -0.25) is 0 Å². The molecule has 1 aromatic heterocycles. The number of aliphatic hydroxyl groups is 1. The predicted molar refractivity (Wildman–Crippen MR) is 64.8 cm³/mol. The van der Waals surface area contributed by atoms with Gasteiger partial charge >= 0.3 is 0 Å². The molecule has 1 aliphatic carbocycles. The molecule has 1 saturated carbocycles. The average molecular weight is 250 g/mol. The number of benzene rings is 1. The summed E-state index contributed by atoms with van der Waals surface area (Å²) in [6.07, 6.45) is 2.23. The summed E-state index contributed by atoms with van der Waals surface area (Å²) in [5.41, 5.74) is 2.26. The molecule has 0 amide bonds. The Morgan fingerprint density at radius 2 is 2.12 bits per heavy atom. The maximum absolute atomic E-state index is 9.47. The summed E-state index contributed by atoms with van der Waals surface area (Å²) in [5, 5.41) is 14.2. The molecule has 88 valence electrons. The van der Waals surface area contributed by atoms with Crippen molar-refractivity contribution in [1.82, 2.24) is 5.16 Å². The van der Waals surface area contributed by atoms with Crippen molar-refractivity contribution in [1.29, 1.82) is 0 Å². The molecule has 0 saturated heterocycles. The second-order valence-electron chi connectivity index (χ2n) is 4.29. The summed E-state index contributed by atoms with van der Waals surface area (Å²) in [7, 11) is 0. The summed E-state index contributed by atoms with van der Waals surface area (Å²) in [4.78, 5) is 0. The van der Waals surface area contributed by atoms with Crippen LogP contribution in [0.15, 0.2) is 28.8 Å². The molecule has 1 fully saturated rings. The number of rotatable bonds is 3. The average Bonchev–Trinajstić information content (AvgIpc) is 3.10. The minimum atomic E-state index is -0.0596. The van der Waals surface area contributed by atoms with E-state index in [4.69, 9.17) is 16.1 Å². The van der Waals surface area contributed by atoms with Gasteiger partial charge in [0, 0.05) is 17.0 Å². The van der Waals surface area contributed by atoms with Gasteiger partial charge in [-0.1, -0.05) is 35.0 Å². The lowest BCUT2D eigenvalue weighted by Gasteiger charge is -2.02. The van der Waals surface area contributed by atoms with Crippen LogP contribution in [0, 0.1) is 0 Å². The predicted octanol–water partition coefficient (Wildman–Crippen LogP) is 3.36. The third-order valence-corrected chi connectivity index (χ3v) is 3.38. The molecule has 1 aliphatic rings. The van der Waals surface area contributed by atoms with Gasteiger partial charge in [-0.2, -0.15) is 0 Å². The topological polar surface area (TPSA) is 46.3 Å². The van der Waals surface area contributed by atoms with Crippen LogP contribution in [0.1, 0.15) is 30.1 Å². The van der Waals surface area contributed by atoms with E-state index in [1.54, 1.807) is 0 Å². The van der Waals surface area contributed by atoms with Crippen molar-refractivity contribution in [2.75, 3.05) is 0 Å². The first-order valence-corrected chi connectivity index (χ1v) is 6.03. The Labute approximate surface area is 104 Å². The second kappa shape index (κ2) is 4.17. The minimum absolute atomic E-state index is 0.0596. The van der Waals surface area contributed by atoms with Gasteiger partial charge in [-0.05, 0) is 18.9 Å². The summed E-state index contributed by atoms with van der Waals surface area (Å²) < 4.78 is 5.35. The summed E-state index contributed by atoms with van der Waals surface area (Å²) in [6, 6.07) is 7.46. The number of halogens is 1. The highest BCUT2D eigenvalue weighted by Gasteiger charge is 2.32. The molecule has 3 nitrogen and oxygen atoms in total. The Bertz CT molecular complexity index is 546. The number of hydrogen-bond acceptors (Lipinski definition) is 3. The highest BCUT2D eigenvalue weighted by molar-refractivity contribution is 6.33. The molecule has 3 rings (SSSR count). The second-order valence-corrected chi connectivity index (χ2v) is 4.69. The summed E-state index contributed by atoms with van der Waals surface area (Å²) >= 11 is 6.13. The molecule has 0 atom stereocenters. The first-order chi connectivity index (χ1) is 8.31. The van der Waals surface area contributed by atoms with Gasteiger partial charge in [0.1, 0.15) is 11.5 Å². The quantitative estimate of drug-likeness (QED) is 0.907. The van der Waals surface area contributed by atoms with Crippen LogP contribution < -0.4 is 0 Å². The molecule has 0 bridgehead atoms. The van der Waals surface area contributed by atoms with Crippen LogP contribution in [0.2, 0.25) is 5.02 Å².